The number of carboxylic acid groups (broad SMARTS) is 2. The summed E-state index contributed by atoms with van der Waals surface area (Å²) in [5.74, 6) is -1.18. The minimum Gasteiger partial charge on any atom is -0.508 e. The van der Waals surface area contributed by atoms with E-state index in [0.29, 0.717) is 101 Å². The number of carbonyl (C=O) groups excluding carboxylic acids is 1. The molecule has 11 aromatic rings. The third-order valence-corrected chi connectivity index (χ3v) is 17.1. The topological polar surface area (TPSA) is 371 Å². The molecule has 0 amide bonds. The number of hydrogen-bond donors (Lipinski definition) is 7. The molecular formula is C69H67BCl5N19O10. The minimum atomic E-state index is -1.40. The van der Waals surface area contributed by atoms with Gasteiger partial charge in [0.2, 0.25) is 16.5 Å². The highest BCUT2D eigenvalue weighted by Gasteiger charge is 2.27. The SMILES string of the molecule is CC(Cl)Cl.CCOC(=O)Cn1cnc2c(Cl)nc(Cl)nc21.O=C(O)Cn1cnc2c(-c3cccc4c3C=NC4)nc(Cl)nc21.O=C(O)Cn1cnc2c(-c3cccc4c3C=NC4)nc(N3CCN(c4ccc(O)cc4)CC3)nc21.OB(O)c1cccc2c1C=NC2.Oc1ccc(N2CCNCC2)cc1. The van der Waals surface area contributed by atoms with Crippen molar-refractivity contribution in [3.63, 3.8) is 0 Å². The van der Waals surface area contributed by atoms with Gasteiger partial charge in [-0.1, -0.05) is 66.2 Å². The highest BCUT2D eigenvalue weighted by Crippen LogP contribution is 2.35. The van der Waals surface area contributed by atoms with Crippen molar-refractivity contribution in [1.82, 2.24) is 63.9 Å². The zero-order valence-corrected chi connectivity index (χ0v) is 59.6. The predicted octanol–water partition coefficient (Wildman–Crippen LogP) is 8.31. The molecule has 0 spiro atoms. The van der Waals surface area contributed by atoms with Gasteiger partial charge in [0.1, 0.15) is 63.9 Å². The van der Waals surface area contributed by atoms with Crippen molar-refractivity contribution >= 4 is 158 Å². The minimum absolute atomic E-state index is 0.00751. The molecule has 2 saturated heterocycles. The fourth-order valence-electron chi connectivity index (χ4n) is 11.7. The van der Waals surface area contributed by atoms with Crippen LogP contribution in [0.5, 0.6) is 11.5 Å². The third kappa shape index (κ3) is 18.5. The molecule has 0 saturated carbocycles. The number of carboxylic acids is 2. The second-order valence-corrected chi connectivity index (χ2v) is 26.0. The first-order valence-corrected chi connectivity index (χ1v) is 34.5. The number of aliphatic carboxylic acids is 2. The summed E-state index contributed by atoms with van der Waals surface area (Å²) < 4.78 is 9.32. The van der Waals surface area contributed by atoms with E-state index in [0.717, 1.165) is 89.5 Å². The summed E-state index contributed by atoms with van der Waals surface area (Å²) in [6.07, 6.45) is 9.75. The van der Waals surface area contributed by atoms with Crippen molar-refractivity contribution < 1.29 is 49.6 Å². The van der Waals surface area contributed by atoms with E-state index >= 15 is 0 Å². The molecule has 0 unspecified atom stereocenters. The molecule has 7 N–H and O–H groups in total. The van der Waals surface area contributed by atoms with Crippen LogP contribution >= 0.6 is 58.0 Å². The molecule has 6 aromatic heterocycles. The number of imidazole rings is 3. The maximum absolute atomic E-state index is 11.5. The Balaban J connectivity index is 0.000000136. The number of hydrogen-bond acceptors (Lipinski definition) is 24. The first-order chi connectivity index (χ1) is 50.2. The quantitative estimate of drug-likeness (QED) is 0.0187. The van der Waals surface area contributed by atoms with Gasteiger partial charge in [-0.2, -0.15) is 15.0 Å². The number of phenols is 2. The van der Waals surface area contributed by atoms with E-state index in [9.17, 15) is 24.6 Å². The Hall–Kier alpha value is -10.4. The van der Waals surface area contributed by atoms with Crippen molar-refractivity contribution in [3.8, 4) is 34.0 Å². The van der Waals surface area contributed by atoms with Gasteiger partial charge in [-0.05, 0) is 113 Å². The molecule has 0 aliphatic carbocycles. The number of benzene rings is 5. The number of piperazine rings is 2. The summed E-state index contributed by atoms with van der Waals surface area (Å²) in [7, 11) is -1.40. The number of phenolic OH excluding ortho intramolecular Hbond substituents is 2. The van der Waals surface area contributed by atoms with Crippen LogP contribution < -0.4 is 25.5 Å². The number of carbonyl (C=O) groups is 3. The van der Waals surface area contributed by atoms with Gasteiger partial charge >= 0.3 is 25.0 Å². The lowest BCUT2D eigenvalue weighted by Gasteiger charge is -2.36. The number of aliphatic imine (C=N–C) groups is 3. The molecule has 536 valence electrons. The first kappa shape index (κ1) is 74.7. The summed E-state index contributed by atoms with van der Waals surface area (Å²) in [5, 5.41) is 58.6. The molecule has 5 aliphatic heterocycles. The van der Waals surface area contributed by atoms with Crippen molar-refractivity contribution in [2.24, 2.45) is 15.0 Å². The monoisotopic (exact) mass is 1510 g/mol. The fourth-order valence-corrected chi connectivity index (χ4v) is 12.3. The van der Waals surface area contributed by atoms with Gasteiger partial charge in [0.15, 0.2) is 22.1 Å². The first-order valence-electron chi connectivity index (χ1n) is 32.5. The van der Waals surface area contributed by atoms with E-state index in [2.05, 4.69) is 75.9 Å². The number of nitrogens with zero attached hydrogens (tertiary/aromatic N) is 18. The number of nitrogens with one attached hydrogen (secondary N) is 1. The number of ether oxygens (including phenoxy) is 1. The number of alkyl halides is 2. The molecule has 5 aromatic carbocycles. The zero-order chi connectivity index (χ0) is 73.6. The Morgan fingerprint density at radius 3 is 1.45 bits per heavy atom. The molecule has 0 bridgehead atoms. The molecule has 0 atom stereocenters. The van der Waals surface area contributed by atoms with E-state index in [1.165, 1.54) is 33.8 Å². The molecule has 29 nitrogen and oxygen atoms in total. The Morgan fingerprint density at radius 2 is 0.952 bits per heavy atom. The Labute approximate surface area is 619 Å². The number of fused-ring (bicyclic) bond motifs is 6. The van der Waals surface area contributed by atoms with E-state index in [1.54, 1.807) is 61.2 Å². The van der Waals surface area contributed by atoms with Gasteiger partial charge in [-0.15, -0.1) is 23.2 Å². The Kier molecular flexibility index (Phi) is 24.9. The Bertz CT molecular complexity index is 4990. The Morgan fingerprint density at radius 1 is 0.529 bits per heavy atom. The van der Waals surface area contributed by atoms with Crippen molar-refractivity contribution in [2.75, 3.05) is 73.7 Å². The van der Waals surface area contributed by atoms with Crippen LogP contribution in [0, 0.1) is 0 Å². The largest absolute Gasteiger partial charge is 0.508 e. The summed E-state index contributed by atoms with van der Waals surface area (Å²) in [5.41, 5.74) is 14.8. The highest BCUT2D eigenvalue weighted by atomic mass is 35.5. The van der Waals surface area contributed by atoms with E-state index in [1.807, 2.05) is 72.9 Å². The van der Waals surface area contributed by atoms with Crippen LogP contribution in [0.25, 0.3) is 56.0 Å². The molecule has 11 heterocycles. The summed E-state index contributed by atoms with van der Waals surface area (Å²) in [6, 6.07) is 31.9. The van der Waals surface area contributed by atoms with Crippen LogP contribution in [0.3, 0.4) is 0 Å². The molecule has 2 fully saturated rings. The van der Waals surface area contributed by atoms with Crippen molar-refractivity contribution in [1.29, 1.82) is 0 Å². The summed E-state index contributed by atoms with van der Waals surface area (Å²) in [6.45, 7) is 12.3. The van der Waals surface area contributed by atoms with E-state index < -0.39 is 19.1 Å². The third-order valence-electron chi connectivity index (χ3n) is 16.5. The maximum Gasteiger partial charge on any atom is 0.489 e. The van der Waals surface area contributed by atoms with Gasteiger partial charge in [-0.3, -0.25) is 29.4 Å². The van der Waals surface area contributed by atoms with Crippen LogP contribution in [-0.4, -0.2) is 197 Å². The summed E-state index contributed by atoms with van der Waals surface area (Å²) >= 11 is 27.7. The van der Waals surface area contributed by atoms with Gasteiger partial charge < -0.3 is 68.9 Å². The van der Waals surface area contributed by atoms with Crippen LogP contribution in [-0.2, 0) is 58.4 Å². The normalized spacial score (nSPS) is 13.7. The summed E-state index contributed by atoms with van der Waals surface area (Å²) in [4.78, 5) is 91.7. The lowest BCUT2D eigenvalue weighted by molar-refractivity contribution is -0.144. The number of esters is 1. The average Bonchev–Trinajstić information content (AvgIpc) is 1.56. The van der Waals surface area contributed by atoms with Crippen molar-refractivity contribution in [2.45, 2.75) is 58.0 Å². The van der Waals surface area contributed by atoms with Gasteiger partial charge in [0.25, 0.3) is 0 Å². The van der Waals surface area contributed by atoms with Gasteiger partial charge in [-0.25, -0.2) is 29.9 Å². The second kappa shape index (κ2) is 34.7. The molecule has 5 aliphatic rings. The van der Waals surface area contributed by atoms with Crippen LogP contribution in [0.2, 0.25) is 15.7 Å². The molecule has 35 heteroatoms. The van der Waals surface area contributed by atoms with Crippen LogP contribution in [0.1, 0.15) is 47.2 Å². The number of anilines is 3. The molecule has 0 radical (unpaired) electrons. The lowest BCUT2D eigenvalue weighted by atomic mass is 9.76. The van der Waals surface area contributed by atoms with Crippen LogP contribution in [0.4, 0.5) is 17.3 Å². The maximum atomic E-state index is 11.5. The number of rotatable bonds is 13. The standard InChI is InChI=1S/C25H23N7O3.C15H10ClN5O2.C10H14N2O.C9H8Cl2N4O2.C8H8BNO2.C2H4Cl2/c33-18-6-4-17(5-7-18)30-8-10-31(11-9-30)25-28-22(19-3-1-2-16-12-26-13-20(16)19)23-24(29-25)32(15-27-23)14-21(34)35;16-15-19-12(9-3-1-2-8-4-17-5-10(8)9)13-14(20-15)21(7-18-13)6-11(22)23;13-10-3-1-9(2-4-10)12-7-5-11-6-8-12;1-2-17-5(16)3-15-4-12-6-7(10)13-9(11)14-8(6)15;11-9(12)8-3-1-2-6-4-10-5-7(6)8;1-2(3)4/h1-7,13,15,33H,8-12,14H2,(H,34,35);1-3,5,7H,4,6H2,(H,22,23);1-4,11,13H,5-8H2;4H,2-3H2,1H3;1-3,5,11-12H,4H2;2H,1H3. The second-order valence-electron chi connectivity index (χ2n) is 23.4. The van der Waals surface area contributed by atoms with Gasteiger partial charge in [0.05, 0.1) is 45.2 Å². The smallest absolute Gasteiger partial charge is 0.489 e. The lowest BCUT2D eigenvalue weighted by Crippen LogP contribution is -2.47. The highest BCUT2D eigenvalue weighted by molar-refractivity contribution is 6.60. The molecule has 104 heavy (non-hydrogen) atoms. The number of halogens is 5. The van der Waals surface area contributed by atoms with Crippen LogP contribution in [0.15, 0.2) is 137 Å². The fraction of sp³-hybridized carbons (Fsp3) is 0.261. The number of aromatic nitrogens is 12. The predicted molar refractivity (Wildman–Crippen MR) is 401 cm³/mol. The molecule has 16 rings (SSSR count). The van der Waals surface area contributed by atoms with E-state index in [4.69, 9.17) is 93.0 Å². The van der Waals surface area contributed by atoms with Crippen molar-refractivity contribution in [3.05, 3.63) is 171 Å². The zero-order valence-electron chi connectivity index (χ0n) is 55.8. The number of aromatic hydroxyl groups is 2. The average molecular weight is 1510 g/mol. The van der Waals surface area contributed by atoms with Gasteiger partial charge in [0, 0.05) is 105 Å². The molecular weight excluding hydrogens is 1440 g/mol. The van der Waals surface area contributed by atoms with E-state index in [-0.39, 0.29) is 51.9 Å².